The fourth-order valence-electron chi connectivity index (χ4n) is 5.42. The van der Waals surface area contributed by atoms with E-state index in [1.165, 1.54) is 5.56 Å². The van der Waals surface area contributed by atoms with Gasteiger partial charge in [-0.3, -0.25) is 9.97 Å². The molecule has 4 heterocycles. The van der Waals surface area contributed by atoms with Gasteiger partial charge in [-0.1, -0.05) is 42.5 Å². The minimum atomic E-state index is 0.780. The highest BCUT2D eigenvalue weighted by molar-refractivity contribution is 6.08. The molecule has 184 valence electrons. The van der Waals surface area contributed by atoms with Crippen molar-refractivity contribution in [3.8, 4) is 11.1 Å². The lowest BCUT2D eigenvalue weighted by molar-refractivity contribution is 0.666. The Morgan fingerprint density at radius 1 is 0.436 bits per heavy atom. The number of benzene rings is 4. The van der Waals surface area contributed by atoms with Gasteiger partial charge in [0.15, 0.2) is 11.2 Å². The molecule has 0 saturated carbocycles. The van der Waals surface area contributed by atoms with Crippen LogP contribution in [0.2, 0.25) is 0 Å². The lowest BCUT2D eigenvalue weighted by Crippen LogP contribution is -2.10. The summed E-state index contributed by atoms with van der Waals surface area (Å²) in [5, 5.41) is 4.19. The van der Waals surface area contributed by atoms with Crippen LogP contribution in [0.15, 0.2) is 137 Å². The molecule has 0 spiro atoms. The molecule has 8 rings (SSSR count). The monoisotopic (exact) mass is 503 g/mol. The third-order valence-corrected chi connectivity index (χ3v) is 7.24. The number of fused-ring (bicyclic) bond motifs is 6. The van der Waals surface area contributed by atoms with E-state index in [1.807, 2.05) is 30.3 Å². The Balaban J connectivity index is 1.37. The van der Waals surface area contributed by atoms with Gasteiger partial charge in [-0.05, 0) is 71.8 Å². The predicted molar refractivity (Wildman–Crippen MR) is 157 cm³/mol. The van der Waals surface area contributed by atoms with Crippen molar-refractivity contribution in [2.75, 3.05) is 4.90 Å². The van der Waals surface area contributed by atoms with Gasteiger partial charge < -0.3 is 13.7 Å². The Bertz CT molecular complexity index is 2030. The van der Waals surface area contributed by atoms with Gasteiger partial charge in [0.2, 0.25) is 0 Å². The number of rotatable bonds is 4. The Hall–Kier alpha value is -5.42. The standard InChI is InChI=1S/C34H21N3O2/c1-2-5-22(6-3-1)23-7-4-8-24(17-23)37(25-9-11-31-29(18-25)27-13-15-35-20-33(27)38-31)26-10-12-32-30(19-26)28-14-16-36-21-34(28)39-32/h1-21H. The molecule has 0 fully saturated rings. The second-order valence-electron chi connectivity index (χ2n) is 9.56. The van der Waals surface area contributed by atoms with Gasteiger partial charge in [0, 0.05) is 51.0 Å². The zero-order valence-electron chi connectivity index (χ0n) is 20.8. The number of hydrogen-bond donors (Lipinski definition) is 0. The number of nitrogens with zero attached hydrogens (tertiary/aromatic N) is 3. The molecule has 0 unspecified atom stereocenters. The normalized spacial score (nSPS) is 11.6. The van der Waals surface area contributed by atoms with Crippen LogP contribution in [0.4, 0.5) is 17.1 Å². The van der Waals surface area contributed by atoms with Crippen molar-refractivity contribution in [2.45, 2.75) is 0 Å². The summed E-state index contributed by atoms with van der Waals surface area (Å²) in [6.07, 6.45) is 7.14. The van der Waals surface area contributed by atoms with Gasteiger partial charge in [0.05, 0.1) is 12.4 Å². The number of aromatic nitrogens is 2. The van der Waals surface area contributed by atoms with E-state index in [0.29, 0.717) is 0 Å². The summed E-state index contributed by atoms with van der Waals surface area (Å²) in [7, 11) is 0. The minimum absolute atomic E-state index is 0.780. The lowest BCUT2D eigenvalue weighted by Gasteiger charge is -2.26. The summed E-state index contributed by atoms with van der Waals surface area (Å²) in [6, 6.07) is 35.8. The van der Waals surface area contributed by atoms with Crippen molar-refractivity contribution in [1.29, 1.82) is 0 Å². The molecule has 0 aliphatic heterocycles. The minimum Gasteiger partial charge on any atom is -0.454 e. The average Bonchev–Trinajstić information content (AvgIpc) is 3.56. The van der Waals surface area contributed by atoms with Crippen LogP contribution in [-0.2, 0) is 0 Å². The van der Waals surface area contributed by atoms with Crippen molar-refractivity contribution in [3.05, 3.63) is 128 Å². The highest BCUT2D eigenvalue weighted by atomic mass is 16.3. The smallest absolute Gasteiger partial charge is 0.153 e. The zero-order chi connectivity index (χ0) is 25.8. The van der Waals surface area contributed by atoms with Crippen molar-refractivity contribution < 1.29 is 8.83 Å². The second-order valence-corrected chi connectivity index (χ2v) is 9.56. The number of anilines is 3. The molecule has 4 aromatic carbocycles. The molecule has 39 heavy (non-hydrogen) atoms. The van der Waals surface area contributed by atoms with Gasteiger partial charge >= 0.3 is 0 Å². The van der Waals surface area contributed by atoms with Crippen LogP contribution in [0.3, 0.4) is 0 Å². The van der Waals surface area contributed by atoms with E-state index in [9.17, 15) is 0 Å². The first kappa shape index (κ1) is 21.6. The Morgan fingerprint density at radius 3 is 1.62 bits per heavy atom. The molecule has 0 radical (unpaired) electrons. The third-order valence-electron chi connectivity index (χ3n) is 7.24. The SMILES string of the molecule is c1ccc(-c2cccc(N(c3ccc4oc5cnccc5c4c3)c3ccc4oc5cnccc5c4c3)c2)cc1. The first-order valence-electron chi connectivity index (χ1n) is 12.8. The fourth-order valence-corrected chi connectivity index (χ4v) is 5.42. The molecule has 4 aromatic heterocycles. The first-order valence-corrected chi connectivity index (χ1v) is 12.8. The van der Waals surface area contributed by atoms with E-state index in [1.54, 1.807) is 24.8 Å². The summed E-state index contributed by atoms with van der Waals surface area (Å²) in [5.41, 5.74) is 8.67. The van der Waals surface area contributed by atoms with E-state index in [4.69, 9.17) is 8.83 Å². The van der Waals surface area contributed by atoms with Crippen molar-refractivity contribution >= 4 is 60.9 Å². The van der Waals surface area contributed by atoms with E-state index in [0.717, 1.165) is 66.5 Å². The van der Waals surface area contributed by atoms with E-state index in [-0.39, 0.29) is 0 Å². The lowest BCUT2D eigenvalue weighted by atomic mass is 10.0. The van der Waals surface area contributed by atoms with E-state index >= 15 is 0 Å². The zero-order valence-corrected chi connectivity index (χ0v) is 20.8. The van der Waals surface area contributed by atoms with E-state index < -0.39 is 0 Å². The van der Waals surface area contributed by atoms with Crippen LogP contribution in [-0.4, -0.2) is 9.97 Å². The molecular weight excluding hydrogens is 482 g/mol. The van der Waals surface area contributed by atoms with Crippen LogP contribution < -0.4 is 4.90 Å². The highest BCUT2D eigenvalue weighted by Gasteiger charge is 2.18. The summed E-state index contributed by atoms with van der Waals surface area (Å²) in [5.74, 6) is 0. The maximum Gasteiger partial charge on any atom is 0.153 e. The van der Waals surface area contributed by atoms with Crippen LogP contribution in [0.5, 0.6) is 0 Å². The molecule has 5 nitrogen and oxygen atoms in total. The van der Waals surface area contributed by atoms with Gasteiger partial charge in [-0.25, -0.2) is 0 Å². The summed E-state index contributed by atoms with van der Waals surface area (Å²) in [6.45, 7) is 0. The molecule has 0 saturated heterocycles. The van der Waals surface area contributed by atoms with Crippen molar-refractivity contribution in [1.82, 2.24) is 9.97 Å². The number of pyridine rings is 2. The maximum absolute atomic E-state index is 6.07. The van der Waals surface area contributed by atoms with Crippen molar-refractivity contribution in [3.63, 3.8) is 0 Å². The Morgan fingerprint density at radius 2 is 1.00 bits per heavy atom. The summed E-state index contributed by atoms with van der Waals surface area (Å²) < 4.78 is 12.1. The average molecular weight is 504 g/mol. The molecular formula is C34H21N3O2. The van der Waals surface area contributed by atoms with Crippen LogP contribution in [0.1, 0.15) is 0 Å². The molecule has 0 bridgehead atoms. The predicted octanol–water partition coefficient (Wildman–Crippen LogP) is 9.41. The molecule has 8 aromatic rings. The number of furan rings is 2. The van der Waals surface area contributed by atoms with Crippen LogP contribution in [0, 0.1) is 0 Å². The second kappa shape index (κ2) is 8.57. The third kappa shape index (κ3) is 3.55. The van der Waals surface area contributed by atoms with E-state index in [2.05, 4.69) is 87.7 Å². The topological polar surface area (TPSA) is 55.3 Å². The molecule has 0 amide bonds. The Labute approximate surface area is 223 Å². The van der Waals surface area contributed by atoms with Gasteiger partial charge in [0.25, 0.3) is 0 Å². The number of hydrogen-bond acceptors (Lipinski definition) is 5. The largest absolute Gasteiger partial charge is 0.454 e. The summed E-state index contributed by atoms with van der Waals surface area (Å²) in [4.78, 5) is 10.7. The highest BCUT2D eigenvalue weighted by Crippen LogP contribution is 2.41. The summed E-state index contributed by atoms with van der Waals surface area (Å²) >= 11 is 0. The van der Waals surface area contributed by atoms with Gasteiger partial charge in [-0.2, -0.15) is 0 Å². The Kier molecular flexibility index (Phi) is 4.76. The van der Waals surface area contributed by atoms with Crippen LogP contribution >= 0.6 is 0 Å². The molecule has 0 atom stereocenters. The first-order chi connectivity index (χ1) is 19.3. The molecule has 0 N–H and O–H groups in total. The van der Waals surface area contributed by atoms with Crippen LogP contribution in [0.25, 0.3) is 55.0 Å². The van der Waals surface area contributed by atoms with Gasteiger partial charge in [-0.15, -0.1) is 0 Å². The maximum atomic E-state index is 6.07. The molecule has 5 heteroatoms. The van der Waals surface area contributed by atoms with Gasteiger partial charge in [0.1, 0.15) is 11.2 Å². The van der Waals surface area contributed by atoms with Crippen molar-refractivity contribution in [2.24, 2.45) is 0 Å². The fraction of sp³-hybridized carbons (Fsp3) is 0. The molecule has 0 aliphatic carbocycles. The quantitative estimate of drug-likeness (QED) is 0.239. The molecule has 0 aliphatic rings.